The fourth-order valence-electron chi connectivity index (χ4n) is 1.96. The molecule has 2 aromatic heterocycles. The second kappa shape index (κ2) is 5.53. The maximum absolute atomic E-state index is 12.0. The number of carbonyl (C=O) groups excluding carboxylic acids is 1. The summed E-state index contributed by atoms with van der Waals surface area (Å²) in [6.07, 6.45) is 0. The van der Waals surface area contributed by atoms with Crippen molar-refractivity contribution in [2.45, 2.75) is 12.1 Å². The van der Waals surface area contributed by atoms with Crippen LogP contribution in [0.3, 0.4) is 0 Å². The largest absolute Gasteiger partial charge is 0.301 e. The maximum Gasteiger partial charge on any atom is 0.262 e. The Morgan fingerprint density at radius 3 is 2.81 bits per heavy atom. The molecule has 0 aliphatic carbocycles. The number of aryl methyl sites for hydroxylation is 1. The summed E-state index contributed by atoms with van der Waals surface area (Å²) in [6, 6.07) is 9.02. The Labute approximate surface area is 124 Å². The van der Waals surface area contributed by atoms with Crippen LogP contribution in [0.1, 0.15) is 16.1 Å². The molecule has 0 saturated carbocycles. The topological polar surface area (TPSA) is 91.5 Å². The average molecular weight is 300 g/mol. The lowest BCUT2D eigenvalue weighted by Crippen LogP contribution is -2.10. The minimum atomic E-state index is -0.249. The number of hydrogen-bond acceptors (Lipinski definition) is 5. The van der Waals surface area contributed by atoms with Gasteiger partial charge < -0.3 is 4.98 Å². The Balaban J connectivity index is 1.80. The van der Waals surface area contributed by atoms with Crippen molar-refractivity contribution in [2.75, 3.05) is 5.75 Å². The summed E-state index contributed by atoms with van der Waals surface area (Å²) in [4.78, 5) is 30.9. The van der Waals surface area contributed by atoms with E-state index in [-0.39, 0.29) is 17.1 Å². The maximum atomic E-state index is 12.0. The van der Waals surface area contributed by atoms with Gasteiger partial charge in [-0.3, -0.25) is 14.7 Å². The quantitative estimate of drug-likeness (QED) is 0.436. The molecule has 3 rings (SSSR count). The van der Waals surface area contributed by atoms with Crippen molar-refractivity contribution in [3.05, 3.63) is 51.9 Å². The van der Waals surface area contributed by atoms with Gasteiger partial charge in [0.2, 0.25) is 0 Å². The predicted octanol–water partition coefficient (Wildman–Crippen LogP) is 1.93. The minimum absolute atomic E-state index is 0.0124. The standard InChI is InChI=1S/C14H12N4O2S/c1-8-11-12(18-17-8)15-14(16-13(11)20)21-7-10(19)9-5-3-2-4-6-9/h2-6H,7H2,1H3,(H2,15,16,17,18,20). The lowest BCUT2D eigenvalue weighted by molar-refractivity contribution is 0.102. The zero-order valence-electron chi connectivity index (χ0n) is 11.2. The van der Waals surface area contributed by atoms with E-state index in [0.717, 1.165) is 0 Å². The van der Waals surface area contributed by atoms with Gasteiger partial charge in [0.15, 0.2) is 16.6 Å². The number of fused-ring (bicyclic) bond motifs is 1. The van der Waals surface area contributed by atoms with Crippen LogP contribution in [0.25, 0.3) is 11.0 Å². The first-order valence-corrected chi connectivity index (χ1v) is 7.30. The lowest BCUT2D eigenvalue weighted by Gasteiger charge is -2.01. The van der Waals surface area contributed by atoms with Gasteiger partial charge in [-0.25, -0.2) is 4.98 Å². The monoisotopic (exact) mass is 300 g/mol. The summed E-state index contributed by atoms with van der Waals surface area (Å²) in [6.45, 7) is 1.76. The molecule has 0 amide bonds. The van der Waals surface area contributed by atoms with Crippen LogP contribution in [0.5, 0.6) is 0 Å². The fraction of sp³-hybridized carbons (Fsp3) is 0.143. The molecule has 2 N–H and O–H groups in total. The van der Waals surface area contributed by atoms with E-state index < -0.39 is 0 Å². The second-order valence-corrected chi connectivity index (χ2v) is 5.46. The molecule has 7 heteroatoms. The molecular formula is C14H12N4O2S. The zero-order chi connectivity index (χ0) is 14.8. The molecule has 2 heterocycles. The second-order valence-electron chi connectivity index (χ2n) is 4.50. The van der Waals surface area contributed by atoms with Gasteiger partial charge in [-0.1, -0.05) is 42.1 Å². The highest BCUT2D eigenvalue weighted by molar-refractivity contribution is 7.99. The molecule has 0 unspecified atom stereocenters. The number of H-pyrrole nitrogens is 2. The number of rotatable bonds is 4. The summed E-state index contributed by atoms with van der Waals surface area (Å²) in [5, 5.41) is 7.54. The summed E-state index contributed by atoms with van der Waals surface area (Å²) in [7, 11) is 0. The number of aromatic amines is 2. The van der Waals surface area contributed by atoms with Crippen molar-refractivity contribution in [1.29, 1.82) is 0 Å². The first kappa shape index (κ1) is 13.6. The third-order valence-corrected chi connectivity index (χ3v) is 3.89. The first-order valence-electron chi connectivity index (χ1n) is 6.31. The van der Waals surface area contributed by atoms with Gasteiger partial charge in [-0.05, 0) is 6.92 Å². The van der Waals surface area contributed by atoms with Crippen LogP contribution in [0.4, 0.5) is 0 Å². The minimum Gasteiger partial charge on any atom is -0.301 e. The normalized spacial score (nSPS) is 10.9. The zero-order valence-corrected chi connectivity index (χ0v) is 12.0. The van der Waals surface area contributed by atoms with E-state index in [1.54, 1.807) is 19.1 Å². The Bertz CT molecular complexity index is 854. The number of ketones is 1. The molecule has 0 spiro atoms. The number of hydrogen-bond donors (Lipinski definition) is 2. The van der Waals surface area contributed by atoms with E-state index in [1.807, 2.05) is 18.2 Å². The third kappa shape index (κ3) is 2.73. The Kier molecular flexibility index (Phi) is 3.57. The fourth-order valence-corrected chi connectivity index (χ4v) is 2.71. The summed E-state index contributed by atoms with van der Waals surface area (Å²) in [5.74, 6) is 0.198. The van der Waals surface area contributed by atoms with Crippen LogP contribution >= 0.6 is 11.8 Å². The predicted molar refractivity (Wildman–Crippen MR) is 80.7 cm³/mol. The number of nitrogens with zero attached hydrogens (tertiary/aromatic N) is 2. The van der Waals surface area contributed by atoms with Gasteiger partial charge in [-0.15, -0.1) is 0 Å². The van der Waals surface area contributed by atoms with Gasteiger partial charge in [0.05, 0.1) is 5.75 Å². The summed E-state index contributed by atoms with van der Waals surface area (Å²) in [5.41, 5.74) is 1.44. The highest BCUT2D eigenvalue weighted by atomic mass is 32.2. The molecule has 0 saturated heterocycles. The van der Waals surface area contributed by atoms with Gasteiger partial charge in [0.25, 0.3) is 5.56 Å². The Morgan fingerprint density at radius 1 is 1.29 bits per heavy atom. The Morgan fingerprint density at radius 2 is 2.05 bits per heavy atom. The van der Waals surface area contributed by atoms with E-state index >= 15 is 0 Å². The molecule has 0 fully saturated rings. The molecule has 3 aromatic rings. The van der Waals surface area contributed by atoms with Crippen LogP contribution in [-0.4, -0.2) is 31.7 Å². The number of carbonyl (C=O) groups is 1. The van der Waals surface area contributed by atoms with Gasteiger partial charge in [-0.2, -0.15) is 5.10 Å². The van der Waals surface area contributed by atoms with Crippen LogP contribution in [0, 0.1) is 6.92 Å². The third-order valence-electron chi connectivity index (χ3n) is 3.02. The highest BCUT2D eigenvalue weighted by Crippen LogP contribution is 2.16. The highest BCUT2D eigenvalue weighted by Gasteiger charge is 2.12. The van der Waals surface area contributed by atoms with E-state index in [2.05, 4.69) is 20.2 Å². The van der Waals surface area contributed by atoms with E-state index in [4.69, 9.17) is 0 Å². The van der Waals surface area contributed by atoms with Crippen molar-refractivity contribution in [3.8, 4) is 0 Å². The average Bonchev–Trinajstić information content (AvgIpc) is 2.87. The molecule has 0 atom stereocenters. The van der Waals surface area contributed by atoms with Crippen molar-refractivity contribution >= 4 is 28.6 Å². The number of benzene rings is 1. The summed E-state index contributed by atoms with van der Waals surface area (Å²) < 4.78 is 0. The van der Waals surface area contributed by atoms with Crippen molar-refractivity contribution < 1.29 is 4.79 Å². The number of aromatic nitrogens is 4. The van der Waals surface area contributed by atoms with Crippen LogP contribution < -0.4 is 5.56 Å². The first-order chi connectivity index (χ1) is 10.1. The SMILES string of the molecule is Cc1[nH]nc2nc(SCC(=O)c3ccccc3)[nH]c(=O)c12. The molecule has 6 nitrogen and oxygen atoms in total. The van der Waals surface area contributed by atoms with Crippen LogP contribution in [0.2, 0.25) is 0 Å². The van der Waals surface area contributed by atoms with E-state index in [1.165, 1.54) is 11.8 Å². The van der Waals surface area contributed by atoms with Crippen molar-refractivity contribution in [1.82, 2.24) is 20.2 Å². The molecule has 21 heavy (non-hydrogen) atoms. The van der Waals surface area contributed by atoms with Gasteiger partial charge in [0, 0.05) is 11.3 Å². The Hall–Kier alpha value is -2.41. The lowest BCUT2D eigenvalue weighted by atomic mass is 10.2. The molecule has 0 aliphatic rings. The van der Waals surface area contributed by atoms with Crippen molar-refractivity contribution in [3.63, 3.8) is 0 Å². The van der Waals surface area contributed by atoms with Crippen molar-refractivity contribution in [2.24, 2.45) is 0 Å². The van der Waals surface area contributed by atoms with Crippen LogP contribution in [-0.2, 0) is 0 Å². The molecule has 0 aliphatic heterocycles. The molecule has 106 valence electrons. The smallest absolute Gasteiger partial charge is 0.262 e. The van der Waals surface area contributed by atoms with Gasteiger partial charge >= 0.3 is 0 Å². The van der Waals surface area contributed by atoms with E-state index in [9.17, 15) is 9.59 Å². The number of thioether (sulfide) groups is 1. The van der Waals surface area contributed by atoms with E-state index in [0.29, 0.717) is 27.4 Å². The molecule has 1 aromatic carbocycles. The number of nitrogens with one attached hydrogen (secondary N) is 2. The molecule has 0 bridgehead atoms. The summed E-state index contributed by atoms with van der Waals surface area (Å²) >= 11 is 1.19. The molecule has 0 radical (unpaired) electrons. The van der Waals surface area contributed by atoms with Gasteiger partial charge in [0.1, 0.15) is 5.39 Å². The van der Waals surface area contributed by atoms with Crippen LogP contribution in [0.15, 0.2) is 40.3 Å². The number of Topliss-reactive ketones (excluding diaryl/α,β-unsaturated/α-hetero) is 1. The molecular weight excluding hydrogens is 288 g/mol.